The summed E-state index contributed by atoms with van der Waals surface area (Å²) in [4.78, 5) is 15.9. The summed E-state index contributed by atoms with van der Waals surface area (Å²) in [5, 5.41) is 4.08. The topological polar surface area (TPSA) is 42.0 Å². The van der Waals surface area contributed by atoms with Crippen molar-refractivity contribution in [3.8, 4) is 11.1 Å². The lowest BCUT2D eigenvalue weighted by Crippen LogP contribution is -1.91. The number of hydrogen-bond donors (Lipinski definition) is 1. The highest BCUT2D eigenvalue weighted by Crippen LogP contribution is 2.30. The summed E-state index contributed by atoms with van der Waals surface area (Å²) in [6.45, 7) is 1.10. The fourth-order valence-corrected chi connectivity index (χ4v) is 3.82. The van der Waals surface area contributed by atoms with Gasteiger partial charge in [0.05, 0.1) is 10.2 Å². The van der Waals surface area contributed by atoms with Crippen molar-refractivity contribution in [1.82, 2.24) is 4.98 Å². The van der Waals surface area contributed by atoms with Crippen LogP contribution >= 0.6 is 11.3 Å². The second-order valence-electron chi connectivity index (χ2n) is 6.29. The van der Waals surface area contributed by atoms with Crippen molar-refractivity contribution in [1.29, 1.82) is 0 Å². The van der Waals surface area contributed by atoms with Gasteiger partial charge in [0.1, 0.15) is 6.67 Å². The van der Waals surface area contributed by atoms with Crippen LogP contribution in [-0.4, -0.2) is 10.8 Å². The molecule has 0 saturated carbocycles. The minimum Gasteiger partial charge on any atom is -0.332 e. The lowest BCUT2D eigenvalue weighted by molar-refractivity contribution is 0.101. The van der Waals surface area contributed by atoms with E-state index < -0.39 is 6.67 Å². The Hall–Kier alpha value is -3.05. The molecule has 0 spiro atoms. The number of benzene rings is 3. The quantitative estimate of drug-likeness (QED) is 0.411. The van der Waals surface area contributed by atoms with Gasteiger partial charge < -0.3 is 5.32 Å². The molecule has 4 rings (SSSR count). The Morgan fingerprint density at radius 1 is 1.00 bits per heavy atom. The van der Waals surface area contributed by atoms with E-state index in [1.54, 1.807) is 13.0 Å². The van der Waals surface area contributed by atoms with Crippen LogP contribution in [0.2, 0.25) is 0 Å². The van der Waals surface area contributed by atoms with Crippen LogP contribution in [-0.2, 0) is 6.67 Å². The minimum absolute atomic E-state index is 0.0653. The number of Topliss-reactive ketones (excluding diaryl/α,β-unsaturated/α-hetero) is 1. The van der Waals surface area contributed by atoms with Crippen LogP contribution < -0.4 is 5.32 Å². The summed E-state index contributed by atoms with van der Waals surface area (Å²) < 4.78 is 13.8. The van der Waals surface area contributed by atoms with Gasteiger partial charge in [0, 0.05) is 11.3 Å². The van der Waals surface area contributed by atoms with Crippen LogP contribution in [0.1, 0.15) is 22.8 Å². The van der Waals surface area contributed by atoms with Crippen molar-refractivity contribution in [2.75, 3.05) is 5.32 Å². The Balaban J connectivity index is 1.53. The predicted molar refractivity (Wildman–Crippen MR) is 110 cm³/mol. The molecule has 0 radical (unpaired) electrons. The van der Waals surface area contributed by atoms with Crippen LogP contribution in [0.3, 0.4) is 0 Å². The Bertz CT molecular complexity index is 1100. The third kappa shape index (κ3) is 3.73. The van der Waals surface area contributed by atoms with Crippen LogP contribution in [0.4, 0.5) is 15.2 Å². The number of halogens is 1. The van der Waals surface area contributed by atoms with Crippen molar-refractivity contribution in [3.05, 3.63) is 77.9 Å². The lowest BCUT2D eigenvalue weighted by atomic mass is 10.0. The number of alkyl halides is 1. The largest absolute Gasteiger partial charge is 0.332 e. The van der Waals surface area contributed by atoms with Crippen molar-refractivity contribution in [2.24, 2.45) is 0 Å². The number of nitrogens with zero attached hydrogens (tertiary/aromatic N) is 1. The van der Waals surface area contributed by atoms with Gasteiger partial charge in [-0.05, 0) is 47.9 Å². The highest BCUT2D eigenvalue weighted by atomic mass is 32.1. The maximum atomic E-state index is 12.8. The molecule has 1 aromatic heterocycles. The average Bonchev–Trinajstić information content (AvgIpc) is 3.10. The molecule has 0 saturated heterocycles. The summed E-state index contributed by atoms with van der Waals surface area (Å²) in [5.41, 5.74) is 5.31. The second-order valence-corrected chi connectivity index (χ2v) is 7.32. The Kier molecular flexibility index (Phi) is 4.69. The zero-order chi connectivity index (χ0) is 18.8. The molecule has 0 unspecified atom stereocenters. The van der Waals surface area contributed by atoms with E-state index in [0.29, 0.717) is 11.1 Å². The summed E-state index contributed by atoms with van der Waals surface area (Å²) in [7, 11) is 0. The van der Waals surface area contributed by atoms with Gasteiger partial charge in [-0.25, -0.2) is 9.37 Å². The molecule has 134 valence electrons. The molecule has 1 heterocycles. The first-order valence-corrected chi connectivity index (χ1v) is 9.38. The Morgan fingerprint density at radius 2 is 1.67 bits per heavy atom. The van der Waals surface area contributed by atoms with Gasteiger partial charge in [-0.15, -0.1) is 0 Å². The van der Waals surface area contributed by atoms with E-state index in [1.165, 1.54) is 11.3 Å². The number of ketones is 1. The summed E-state index contributed by atoms with van der Waals surface area (Å²) in [6.07, 6.45) is 0. The molecule has 0 aliphatic carbocycles. The molecule has 0 aliphatic rings. The van der Waals surface area contributed by atoms with Crippen LogP contribution in [0, 0.1) is 0 Å². The smallest absolute Gasteiger partial charge is 0.188 e. The number of nitrogens with one attached hydrogen (secondary N) is 1. The Labute approximate surface area is 160 Å². The van der Waals surface area contributed by atoms with Crippen LogP contribution in [0.15, 0.2) is 66.7 Å². The average molecular weight is 376 g/mol. The summed E-state index contributed by atoms with van der Waals surface area (Å²) >= 11 is 1.51. The Morgan fingerprint density at radius 3 is 2.30 bits per heavy atom. The molecule has 0 bridgehead atoms. The van der Waals surface area contributed by atoms with E-state index in [-0.39, 0.29) is 5.78 Å². The van der Waals surface area contributed by atoms with E-state index in [2.05, 4.69) is 10.3 Å². The first kappa shape index (κ1) is 17.4. The summed E-state index contributed by atoms with van der Waals surface area (Å²) in [5.74, 6) is 0.0653. The summed E-state index contributed by atoms with van der Waals surface area (Å²) in [6, 6.07) is 21.1. The fraction of sp³-hybridized carbons (Fsp3) is 0.0909. The van der Waals surface area contributed by atoms with Gasteiger partial charge in [0.2, 0.25) is 0 Å². The maximum Gasteiger partial charge on any atom is 0.188 e. The van der Waals surface area contributed by atoms with E-state index in [9.17, 15) is 9.18 Å². The standard InChI is InChI=1S/C22H17FN2OS/c1-14(26)16-3-5-17(6-4-16)18-7-9-19(10-8-18)24-22-25-20-11-2-15(13-23)12-21(20)27-22/h2-12H,13H2,1H3,(H,24,25). The van der Waals surface area contributed by atoms with Gasteiger partial charge >= 0.3 is 0 Å². The van der Waals surface area contributed by atoms with Crippen molar-refractivity contribution < 1.29 is 9.18 Å². The molecule has 27 heavy (non-hydrogen) atoms. The van der Waals surface area contributed by atoms with Crippen molar-refractivity contribution in [2.45, 2.75) is 13.6 Å². The zero-order valence-electron chi connectivity index (χ0n) is 14.7. The monoisotopic (exact) mass is 376 g/mol. The van der Waals surface area contributed by atoms with E-state index in [1.807, 2.05) is 60.7 Å². The number of rotatable bonds is 5. The first-order valence-electron chi connectivity index (χ1n) is 8.56. The zero-order valence-corrected chi connectivity index (χ0v) is 15.5. The molecule has 0 fully saturated rings. The normalized spacial score (nSPS) is 10.9. The maximum absolute atomic E-state index is 12.8. The molecule has 0 amide bonds. The molecule has 3 aromatic carbocycles. The van der Waals surface area contributed by atoms with Gasteiger partial charge in [-0.1, -0.05) is 53.8 Å². The highest BCUT2D eigenvalue weighted by molar-refractivity contribution is 7.22. The highest BCUT2D eigenvalue weighted by Gasteiger charge is 2.06. The molecular formula is C22H17FN2OS. The van der Waals surface area contributed by atoms with Crippen molar-refractivity contribution in [3.63, 3.8) is 0 Å². The second kappa shape index (κ2) is 7.29. The molecule has 1 N–H and O–H groups in total. The number of aromatic nitrogens is 1. The number of carbonyl (C=O) groups excluding carboxylic acids is 1. The predicted octanol–water partition coefficient (Wildman–Crippen LogP) is 6.38. The van der Waals surface area contributed by atoms with Gasteiger partial charge in [0.15, 0.2) is 10.9 Å². The third-order valence-electron chi connectivity index (χ3n) is 4.37. The first-order chi connectivity index (χ1) is 13.1. The SMILES string of the molecule is CC(=O)c1ccc(-c2ccc(Nc3nc4ccc(CF)cc4s3)cc2)cc1. The molecule has 0 aliphatic heterocycles. The molecule has 3 nitrogen and oxygen atoms in total. The van der Waals surface area contributed by atoms with Crippen LogP contribution in [0.25, 0.3) is 21.3 Å². The minimum atomic E-state index is -0.467. The fourth-order valence-electron chi connectivity index (χ4n) is 2.87. The van der Waals surface area contributed by atoms with E-state index >= 15 is 0 Å². The molecule has 5 heteroatoms. The third-order valence-corrected chi connectivity index (χ3v) is 5.30. The van der Waals surface area contributed by atoms with Gasteiger partial charge in [0.25, 0.3) is 0 Å². The number of hydrogen-bond acceptors (Lipinski definition) is 4. The molecule has 0 atom stereocenters. The molecule has 4 aromatic rings. The van der Waals surface area contributed by atoms with Gasteiger partial charge in [-0.3, -0.25) is 4.79 Å². The number of fused-ring (bicyclic) bond motifs is 1. The number of thiazole rings is 1. The van der Waals surface area contributed by atoms with Gasteiger partial charge in [-0.2, -0.15) is 0 Å². The number of carbonyl (C=O) groups is 1. The van der Waals surface area contributed by atoms with E-state index in [4.69, 9.17) is 0 Å². The van der Waals surface area contributed by atoms with Crippen molar-refractivity contribution >= 4 is 38.2 Å². The lowest BCUT2D eigenvalue weighted by Gasteiger charge is -2.06. The number of anilines is 2. The molecular weight excluding hydrogens is 359 g/mol. The van der Waals surface area contributed by atoms with Crippen LogP contribution in [0.5, 0.6) is 0 Å². The van der Waals surface area contributed by atoms with E-state index in [0.717, 1.165) is 32.2 Å².